The van der Waals surface area contributed by atoms with Crippen molar-refractivity contribution in [3.63, 3.8) is 0 Å². The van der Waals surface area contributed by atoms with Crippen molar-refractivity contribution in [3.8, 4) is 6.07 Å². The summed E-state index contributed by atoms with van der Waals surface area (Å²) in [5, 5.41) is 12.6. The highest BCUT2D eigenvalue weighted by Gasteiger charge is 2.31. The van der Waals surface area contributed by atoms with Crippen LogP contribution in [-0.2, 0) is 6.18 Å². The molecule has 3 nitrogen and oxygen atoms in total. The molecule has 0 amide bonds. The molecule has 0 aliphatic heterocycles. The second kappa shape index (κ2) is 8.52. The van der Waals surface area contributed by atoms with Crippen molar-refractivity contribution >= 4 is 23.0 Å². The fourth-order valence-corrected chi connectivity index (χ4v) is 3.48. The summed E-state index contributed by atoms with van der Waals surface area (Å²) in [6.45, 7) is 2.41. The number of nitrogens with one attached hydrogen (secondary N) is 1. The van der Waals surface area contributed by atoms with Crippen molar-refractivity contribution in [2.45, 2.75) is 51.2 Å². The molecule has 0 bridgehead atoms. The molecule has 1 aliphatic rings. The Kier molecular flexibility index (Phi) is 6.65. The third-order valence-corrected chi connectivity index (χ3v) is 4.94. The SMILES string of the molecule is C[C@H]1CCCC[C@@H]1NC(=S)N(CCC#N)c1cccc(C(F)(F)F)c1. The van der Waals surface area contributed by atoms with E-state index in [-0.39, 0.29) is 19.0 Å². The molecule has 0 saturated heterocycles. The van der Waals surface area contributed by atoms with Gasteiger partial charge in [0.2, 0.25) is 0 Å². The van der Waals surface area contributed by atoms with E-state index < -0.39 is 11.7 Å². The van der Waals surface area contributed by atoms with Gasteiger partial charge in [-0.2, -0.15) is 18.4 Å². The Labute approximate surface area is 151 Å². The lowest BCUT2D eigenvalue weighted by molar-refractivity contribution is -0.137. The lowest BCUT2D eigenvalue weighted by Gasteiger charge is -2.34. The molecule has 7 heteroatoms. The van der Waals surface area contributed by atoms with Crippen LogP contribution in [0.1, 0.15) is 44.6 Å². The molecular weight excluding hydrogens is 347 g/mol. The Bertz CT molecular complexity index is 639. The number of alkyl halides is 3. The highest BCUT2D eigenvalue weighted by Crippen LogP contribution is 2.32. The molecule has 1 aromatic rings. The number of hydrogen-bond acceptors (Lipinski definition) is 2. The van der Waals surface area contributed by atoms with Crippen molar-refractivity contribution in [1.82, 2.24) is 5.32 Å². The quantitative estimate of drug-likeness (QED) is 0.768. The molecule has 0 aromatic heterocycles. The van der Waals surface area contributed by atoms with Crippen molar-refractivity contribution in [2.24, 2.45) is 5.92 Å². The first kappa shape index (κ1) is 19.5. The lowest BCUT2D eigenvalue weighted by Crippen LogP contribution is -2.48. The maximum absolute atomic E-state index is 13.0. The number of nitriles is 1. The highest BCUT2D eigenvalue weighted by molar-refractivity contribution is 7.80. The van der Waals surface area contributed by atoms with Gasteiger partial charge in [-0.15, -0.1) is 0 Å². The molecule has 136 valence electrons. The summed E-state index contributed by atoms with van der Waals surface area (Å²) in [5.41, 5.74) is -0.369. The summed E-state index contributed by atoms with van der Waals surface area (Å²) in [6, 6.07) is 7.31. The van der Waals surface area contributed by atoms with Gasteiger partial charge in [-0.1, -0.05) is 25.8 Å². The minimum Gasteiger partial charge on any atom is -0.359 e. The van der Waals surface area contributed by atoms with E-state index in [1.807, 2.05) is 6.07 Å². The minimum atomic E-state index is -4.41. The number of nitrogens with zero attached hydrogens (tertiary/aromatic N) is 2. The fraction of sp³-hybridized carbons (Fsp3) is 0.556. The van der Waals surface area contributed by atoms with Crippen molar-refractivity contribution in [1.29, 1.82) is 5.26 Å². The second-order valence-corrected chi connectivity index (χ2v) is 6.81. The van der Waals surface area contributed by atoms with Gasteiger partial charge in [-0.3, -0.25) is 0 Å². The van der Waals surface area contributed by atoms with Crippen LogP contribution in [0, 0.1) is 17.2 Å². The zero-order valence-electron chi connectivity index (χ0n) is 14.1. The Morgan fingerprint density at radius 2 is 2.08 bits per heavy atom. The molecule has 1 saturated carbocycles. The highest BCUT2D eigenvalue weighted by atomic mass is 32.1. The first-order valence-electron chi connectivity index (χ1n) is 8.45. The molecule has 1 fully saturated rings. The zero-order valence-corrected chi connectivity index (χ0v) is 15.0. The summed E-state index contributed by atoms with van der Waals surface area (Å²) >= 11 is 5.47. The summed E-state index contributed by atoms with van der Waals surface area (Å²) in [5.74, 6) is 0.464. The summed E-state index contributed by atoms with van der Waals surface area (Å²) in [4.78, 5) is 1.59. The molecule has 1 aromatic carbocycles. The number of rotatable bonds is 4. The molecule has 1 N–H and O–H groups in total. The second-order valence-electron chi connectivity index (χ2n) is 6.43. The van der Waals surface area contributed by atoms with Crippen LogP contribution in [0.15, 0.2) is 24.3 Å². The third kappa shape index (κ3) is 5.33. The lowest BCUT2D eigenvalue weighted by atomic mass is 9.86. The van der Waals surface area contributed by atoms with Gasteiger partial charge in [0.25, 0.3) is 0 Å². The summed E-state index contributed by atoms with van der Waals surface area (Å²) in [6.07, 6.45) is 0.185. The zero-order chi connectivity index (χ0) is 18.4. The normalized spacial score (nSPS) is 20.6. The van der Waals surface area contributed by atoms with Crippen LogP contribution in [0.25, 0.3) is 0 Å². The van der Waals surface area contributed by atoms with E-state index >= 15 is 0 Å². The minimum absolute atomic E-state index is 0.179. The number of anilines is 1. The van der Waals surface area contributed by atoms with Crippen LogP contribution in [-0.4, -0.2) is 17.7 Å². The molecule has 25 heavy (non-hydrogen) atoms. The Hall–Kier alpha value is -1.81. The van der Waals surface area contributed by atoms with Gasteiger partial charge in [0.05, 0.1) is 18.1 Å². The number of halogens is 3. The van der Waals surface area contributed by atoms with Crippen LogP contribution in [0.4, 0.5) is 18.9 Å². The van der Waals surface area contributed by atoms with Gasteiger partial charge in [0.1, 0.15) is 0 Å². The van der Waals surface area contributed by atoms with Crippen LogP contribution in [0.5, 0.6) is 0 Å². The van der Waals surface area contributed by atoms with Crippen LogP contribution >= 0.6 is 12.2 Å². The number of benzene rings is 1. The van der Waals surface area contributed by atoms with E-state index in [0.29, 0.717) is 16.7 Å². The Balaban J connectivity index is 2.20. The van der Waals surface area contributed by atoms with Crippen LogP contribution in [0.2, 0.25) is 0 Å². The van der Waals surface area contributed by atoms with Gasteiger partial charge >= 0.3 is 6.18 Å². The Morgan fingerprint density at radius 3 is 2.72 bits per heavy atom. The molecule has 0 radical (unpaired) electrons. The smallest absolute Gasteiger partial charge is 0.359 e. The average molecular weight is 369 g/mol. The van der Waals surface area contributed by atoms with Gasteiger partial charge < -0.3 is 10.2 Å². The average Bonchev–Trinajstić information content (AvgIpc) is 2.57. The summed E-state index contributed by atoms with van der Waals surface area (Å²) < 4.78 is 39.0. The fourth-order valence-electron chi connectivity index (χ4n) is 3.13. The Morgan fingerprint density at radius 1 is 1.36 bits per heavy atom. The first-order valence-corrected chi connectivity index (χ1v) is 8.86. The van der Waals surface area contributed by atoms with Crippen molar-refractivity contribution in [2.75, 3.05) is 11.4 Å². The molecule has 0 heterocycles. The third-order valence-electron chi connectivity index (χ3n) is 4.60. The van der Waals surface area contributed by atoms with E-state index in [4.69, 9.17) is 17.5 Å². The monoisotopic (exact) mass is 369 g/mol. The molecule has 0 spiro atoms. The van der Waals surface area contributed by atoms with Crippen LogP contribution < -0.4 is 10.2 Å². The summed E-state index contributed by atoms with van der Waals surface area (Å²) in [7, 11) is 0. The van der Waals surface area contributed by atoms with Crippen LogP contribution in [0.3, 0.4) is 0 Å². The first-order chi connectivity index (χ1) is 11.8. The topological polar surface area (TPSA) is 39.1 Å². The van der Waals surface area contributed by atoms with Gasteiger partial charge in [-0.05, 0) is 49.2 Å². The van der Waals surface area contributed by atoms with E-state index in [0.717, 1.165) is 31.4 Å². The molecule has 0 unspecified atom stereocenters. The van der Waals surface area contributed by atoms with E-state index in [1.165, 1.54) is 12.5 Å². The molecule has 2 atom stereocenters. The molecule has 1 aliphatic carbocycles. The largest absolute Gasteiger partial charge is 0.416 e. The number of hydrogen-bond donors (Lipinski definition) is 1. The maximum atomic E-state index is 13.0. The van der Waals surface area contributed by atoms with E-state index in [1.54, 1.807) is 11.0 Å². The molecule has 2 rings (SSSR count). The standard InChI is InChI=1S/C18H22F3N3S/c1-13-6-2-3-9-16(13)23-17(25)24(11-5-10-22)15-8-4-7-14(12-15)18(19,20)21/h4,7-8,12-13,16H,2-3,5-6,9,11H2,1H3,(H,23,25)/t13-,16-/m0/s1. The van der Waals surface area contributed by atoms with Gasteiger partial charge in [0, 0.05) is 18.3 Å². The number of thiocarbonyl (C=S) groups is 1. The predicted octanol–water partition coefficient (Wildman–Crippen LogP) is 4.88. The van der Waals surface area contributed by atoms with Gasteiger partial charge in [0.15, 0.2) is 5.11 Å². The van der Waals surface area contributed by atoms with Crippen molar-refractivity contribution in [3.05, 3.63) is 29.8 Å². The van der Waals surface area contributed by atoms with E-state index in [9.17, 15) is 13.2 Å². The van der Waals surface area contributed by atoms with E-state index in [2.05, 4.69) is 12.2 Å². The van der Waals surface area contributed by atoms with Gasteiger partial charge in [-0.25, -0.2) is 0 Å². The van der Waals surface area contributed by atoms with Crippen molar-refractivity contribution < 1.29 is 13.2 Å². The maximum Gasteiger partial charge on any atom is 0.416 e. The molecular formula is C18H22F3N3S. The predicted molar refractivity (Wildman–Crippen MR) is 96.2 cm³/mol.